The van der Waals surface area contributed by atoms with E-state index < -0.39 is 0 Å². The molecule has 1 unspecified atom stereocenters. The van der Waals surface area contributed by atoms with Crippen LogP contribution in [0.25, 0.3) is 0 Å². The van der Waals surface area contributed by atoms with Crippen molar-refractivity contribution in [1.29, 1.82) is 0 Å². The fourth-order valence-electron chi connectivity index (χ4n) is 2.79. The predicted octanol–water partition coefficient (Wildman–Crippen LogP) is 1.23. The van der Waals surface area contributed by atoms with Crippen LogP contribution in [-0.4, -0.2) is 40.5 Å². The molecular formula is C12H17N3OS. The number of amides is 1. The highest BCUT2D eigenvalue weighted by atomic mass is 32.2. The number of carbonyl (C=O) groups excluding carboxylic acids is 1. The zero-order valence-electron chi connectivity index (χ0n) is 9.93. The lowest BCUT2D eigenvalue weighted by molar-refractivity contribution is -0.138. The minimum absolute atomic E-state index is 0.00333. The summed E-state index contributed by atoms with van der Waals surface area (Å²) >= 11 is 1.80. The SMILES string of the molecule is CSCC[C@H]1C(=O)N2CCNC2c2cccn21. The molecule has 1 N–H and O–H groups in total. The van der Waals surface area contributed by atoms with Gasteiger partial charge in [0.1, 0.15) is 12.2 Å². The molecule has 0 aliphatic carbocycles. The molecule has 1 fully saturated rings. The fraction of sp³-hybridized carbons (Fsp3) is 0.583. The second-order valence-corrected chi connectivity index (χ2v) is 5.51. The van der Waals surface area contributed by atoms with Crippen LogP contribution >= 0.6 is 11.8 Å². The Kier molecular flexibility index (Phi) is 2.88. The molecule has 2 aliphatic rings. The standard InChI is InChI=1S/C12H17N3OS/c1-17-8-4-10-12(16)15-7-5-13-11(15)9-3-2-6-14(9)10/h2-3,6,10-11,13H,4-5,7-8H2,1H3/t10-,11?/m0/s1. The van der Waals surface area contributed by atoms with Crippen LogP contribution in [0.2, 0.25) is 0 Å². The van der Waals surface area contributed by atoms with Crippen molar-refractivity contribution < 1.29 is 4.79 Å². The Morgan fingerprint density at radius 3 is 3.29 bits per heavy atom. The van der Waals surface area contributed by atoms with Crippen molar-refractivity contribution in [2.24, 2.45) is 0 Å². The summed E-state index contributed by atoms with van der Waals surface area (Å²) in [4.78, 5) is 14.4. The summed E-state index contributed by atoms with van der Waals surface area (Å²) in [7, 11) is 0. The lowest BCUT2D eigenvalue weighted by Crippen LogP contribution is -2.44. The van der Waals surface area contributed by atoms with Crippen LogP contribution in [0.15, 0.2) is 18.3 Å². The van der Waals surface area contributed by atoms with Crippen molar-refractivity contribution in [1.82, 2.24) is 14.8 Å². The van der Waals surface area contributed by atoms with Crippen LogP contribution in [0.5, 0.6) is 0 Å². The molecular weight excluding hydrogens is 234 g/mol. The molecule has 2 aliphatic heterocycles. The molecule has 0 bridgehead atoms. The molecule has 17 heavy (non-hydrogen) atoms. The normalized spacial score (nSPS) is 27.1. The second kappa shape index (κ2) is 4.38. The fourth-order valence-corrected chi connectivity index (χ4v) is 3.25. The Labute approximate surface area is 105 Å². The molecule has 0 aromatic carbocycles. The maximum absolute atomic E-state index is 12.4. The van der Waals surface area contributed by atoms with Crippen LogP contribution < -0.4 is 5.32 Å². The first-order valence-electron chi connectivity index (χ1n) is 6.02. The van der Waals surface area contributed by atoms with E-state index in [2.05, 4.69) is 22.2 Å². The Hall–Kier alpha value is -0.940. The van der Waals surface area contributed by atoms with Crippen molar-refractivity contribution in [2.45, 2.75) is 18.6 Å². The Bertz CT molecular complexity index is 431. The van der Waals surface area contributed by atoms with Gasteiger partial charge in [0.25, 0.3) is 0 Å². The quantitative estimate of drug-likeness (QED) is 0.878. The first-order valence-corrected chi connectivity index (χ1v) is 7.42. The number of thioether (sulfide) groups is 1. The zero-order chi connectivity index (χ0) is 11.8. The lowest BCUT2D eigenvalue weighted by atomic mass is 10.1. The number of nitrogens with one attached hydrogen (secondary N) is 1. The number of carbonyl (C=O) groups is 1. The van der Waals surface area contributed by atoms with Crippen molar-refractivity contribution >= 4 is 17.7 Å². The van der Waals surface area contributed by atoms with Gasteiger partial charge in [0.15, 0.2) is 0 Å². The summed E-state index contributed by atoms with van der Waals surface area (Å²) in [5.74, 6) is 1.30. The molecule has 1 aromatic heterocycles. The highest BCUT2D eigenvalue weighted by Crippen LogP contribution is 2.34. The average Bonchev–Trinajstić information content (AvgIpc) is 2.96. The van der Waals surface area contributed by atoms with Gasteiger partial charge in [-0.25, -0.2) is 0 Å². The van der Waals surface area contributed by atoms with E-state index in [0.29, 0.717) is 0 Å². The first-order chi connectivity index (χ1) is 8.33. The monoisotopic (exact) mass is 251 g/mol. The van der Waals surface area contributed by atoms with E-state index in [1.54, 1.807) is 11.8 Å². The molecule has 4 nitrogen and oxygen atoms in total. The van der Waals surface area contributed by atoms with E-state index in [0.717, 1.165) is 25.3 Å². The Morgan fingerprint density at radius 2 is 2.47 bits per heavy atom. The lowest BCUT2D eigenvalue weighted by Gasteiger charge is -2.36. The molecule has 1 saturated heterocycles. The summed E-state index contributed by atoms with van der Waals surface area (Å²) in [6.45, 7) is 1.74. The van der Waals surface area contributed by atoms with Crippen molar-refractivity contribution in [2.75, 3.05) is 25.1 Å². The Morgan fingerprint density at radius 1 is 1.59 bits per heavy atom. The topological polar surface area (TPSA) is 37.3 Å². The number of hydrogen-bond donors (Lipinski definition) is 1. The van der Waals surface area contributed by atoms with E-state index in [9.17, 15) is 4.79 Å². The van der Waals surface area contributed by atoms with Crippen LogP contribution in [0.4, 0.5) is 0 Å². The maximum Gasteiger partial charge on any atom is 0.247 e. The van der Waals surface area contributed by atoms with Crippen LogP contribution in [-0.2, 0) is 4.79 Å². The largest absolute Gasteiger partial charge is 0.336 e. The van der Waals surface area contributed by atoms with Crippen LogP contribution in [0, 0.1) is 0 Å². The van der Waals surface area contributed by atoms with Gasteiger partial charge in [-0.05, 0) is 30.6 Å². The molecule has 0 saturated carbocycles. The highest BCUT2D eigenvalue weighted by molar-refractivity contribution is 7.98. The van der Waals surface area contributed by atoms with Crippen molar-refractivity contribution in [3.05, 3.63) is 24.0 Å². The Balaban J connectivity index is 1.95. The van der Waals surface area contributed by atoms with Gasteiger partial charge in [0.05, 0.1) is 5.69 Å². The minimum Gasteiger partial charge on any atom is -0.336 e. The summed E-state index contributed by atoms with van der Waals surface area (Å²) in [6.07, 6.45) is 5.15. The number of fused-ring (bicyclic) bond motifs is 3. The van der Waals surface area contributed by atoms with Crippen LogP contribution in [0.3, 0.4) is 0 Å². The molecule has 0 spiro atoms. The number of rotatable bonds is 3. The summed E-state index contributed by atoms with van der Waals surface area (Å²) in [5.41, 5.74) is 1.23. The first kappa shape index (κ1) is 11.2. The summed E-state index contributed by atoms with van der Waals surface area (Å²) in [6, 6.07) is 4.16. The van der Waals surface area contributed by atoms with Gasteiger partial charge in [0, 0.05) is 19.3 Å². The summed E-state index contributed by atoms with van der Waals surface area (Å²) in [5, 5.41) is 3.39. The molecule has 1 amide bonds. The van der Waals surface area contributed by atoms with E-state index >= 15 is 0 Å². The van der Waals surface area contributed by atoms with Gasteiger partial charge >= 0.3 is 0 Å². The van der Waals surface area contributed by atoms with Crippen molar-refractivity contribution in [3.8, 4) is 0 Å². The molecule has 3 heterocycles. The van der Waals surface area contributed by atoms with Gasteiger partial charge in [-0.2, -0.15) is 11.8 Å². The number of aromatic nitrogens is 1. The molecule has 3 rings (SSSR count). The van der Waals surface area contributed by atoms with E-state index in [4.69, 9.17) is 0 Å². The third-order valence-electron chi connectivity index (χ3n) is 3.59. The minimum atomic E-state index is 0.00333. The maximum atomic E-state index is 12.4. The van der Waals surface area contributed by atoms with Gasteiger partial charge in [-0.1, -0.05) is 0 Å². The zero-order valence-corrected chi connectivity index (χ0v) is 10.7. The molecule has 1 aromatic rings. The van der Waals surface area contributed by atoms with E-state index in [-0.39, 0.29) is 18.1 Å². The molecule has 92 valence electrons. The summed E-state index contributed by atoms with van der Waals surface area (Å²) < 4.78 is 2.15. The van der Waals surface area contributed by atoms with Gasteiger partial charge in [-0.15, -0.1) is 0 Å². The van der Waals surface area contributed by atoms with E-state index in [1.807, 2.05) is 17.2 Å². The molecule has 5 heteroatoms. The highest BCUT2D eigenvalue weighted by Gasteiger charge is 2.40. The van der Waals surface area contributed by atoms with Crippen molar-refractivity contribution in [3.63, 3.8) is 0 Å². The third-order valence-corrected chi connectivity index (χ3v) is 4.24. The smallest absolute Gasteiger partial charge is 0.247 e. The molecule has 0 radical (unpaired) electrons. The number of nitrogens with zero attached hydrogens (tertiary/aromatic N) is 2. The third kappa shape index (κ3) is 1.68. The van der Waals surface area contributed by atoms with Gasteiger partial charge in [-0.3, -0.25) is 10.1 Å². The molecule has 2 atom stereocenters. The van der Waals surface area contributed by atoms with Gasteiger partial charge in [0.2, 0.25) is 5.91 Å². The number of hydrogen-bond acceptors (Lipinski definition) is 3. The average molecular weight is 251 g/mol. The van der Waals surface area contributed by atoms with Crippen LogP contribution in [0.1, 0.15) is 24.3 Å². The second-order valence-electron chi connectivity index (χ2n) is 4.53. The predicted molar refractivity (Wildman–Crippen MR) is 68.9 cm³/mol. The van der Waals surface area contributed by atoms with Gasteiger partial charge < -0.3 is 9.47 Å². The van der Waals surface area contributed by atoms with E-state index in [1.165, 1.54) is 5.69 Å².